The molecule has 9 heteroatoms. The van der Waals surface area contributed by atoms with Gasteiger partial charge in [-0.15, -0.1) is 0 Å². The number of rotatable bonds is 7. The number of carbonyl (C=O) groups excluding carboxylic acids is 2. The molecular formula is C21H28N2O7. The number of Topliss-reactive ketones (excluding diaryl/α,β-unsaturated/α-hetero) is 1. The predicted molar refractivity (Wildman–Crippen MR) is 107 cm³/mol. The number of carboxylic acid groups (broad SMARTS) is 2. The van der Waals surface area contributed by atoms with Crippen LogP contribution in [0.3, 0.4) is 0 Å². The molecule has 2 aliphatic heterocycles. The summed E-state index contributed by atoms with van der Waals surface area (Å²) in [6.45, 7) is 2.44. The van der Waals surface area contributed by atoms with Crippen molar-refractivity contribution in [3.05, 3.63) is 35.9 Å². The first kappa shape index (κ1) is 23.5. The van der Waals surface area contributed by atoms with Crippen molar-refractivity contribution >= 4 is 24.1 Å². The summed E-state index contributed by atoms with van der Waals surface area (Å²) in [4.78, 5) is 48.1. The van der Waals surface area contributed by atoms with Crippen molar-refractivity contribution in [3.63, 3.8) is 0 Å². The largest absolute Gasteiger partial charge is 0.483 e. The molecule has 0 saturated carbocycles. The van der Waals surface area contributed by atoms with Gasteiger partial charge in [0.25, 0.3) is 6.47 Å². The minimum Gasteiger partial charge on any atom is -0.483 e. The molecular weight excluding hydrogens is 392 g/mol. The normalized spacial score (nSPS) is 21.0. The van der Waals surface area contributed by atoms with Gasteiger partial charge in [0.1, 0.15) is 0 Å². The van der Waals surface area contributed by atoms with E-state index in [0.29, 0.717) is 57.7 Å². The van der Waals surface area contributed by atoms with E-state index < -0.39 is 5.97 Å². The molecule has 2 heterocycles. The van der Waals surface area contributed by atoms with Gasteiger partial charge >= 0.3 is 5.97 Å². The molecule has 1 aromatic carbocycles. The fourth-order valence-electron chi connectivity index (χ4n) is 3.88. The highest BCUT2D eigenvalue weighted by Gasteiger charge is 2.35. The molecule has 164 valence electrons. The van der Waals surface area contributed by atoms with Crippen molar-refractivity contribution in [2.45, 2.75) is 25.3 Å². The van der Waals surface area contributed by atoms with E-state index in [-0.39, 0.29) is 36.7 Å². The van der Waals surface area contributed by atoms with Crippen LogP contribution >= 0.6 is 0 Å². The van der Waals surface area contributed by atoms with Crippen LogP contribution in [0.15, 0.2) is 30.3 Å². The molecule has 1 amide bonds. The molecule has 2 fully saturated rings. The topological polar surface area (TPSA) is 124 Å². The summed E-state index contributed by atoms with van der Waals surface area (Å²) < 4.78 is 5.67. The maximum Gasteiger partial charge on any atom is 0.317 e. The number of ketones is 1. The first-order chi connectivity index (χ1) is 14.4. The van der Waals surface area contributed by atoms with Gasteiger partial charge in [-0.2, -0.15) is 0 Å². The molecule has 2 bridgehead atoms. The Morgan fingerprint density at radius 3 is 2.43 bits per heavy atom. The molecule has 30 heavy (non-hydrogen) atoms. The Labute approximate surface area is 175 Å². The van der Waals surface area contributed by atoms with E-state index in [0.717, 1.165) is 0 Å². The minimum atomic E-state index is -0.854. The standard InChI is InChI=1S/C20H26N2O5.CH2O2/c23-18(16-5-2-1-3-6-16)7-4-8-19(24)22-10-15-9-21(12-20(25)26)11-17(22)14-27-13-15;2-1-3/h1-3,5-6,15,17H,4,7-14H2,(H,25,26);1H,(H,2,3)/t15-,17-;/m0./s1. The van der Waals surface area contributed by atoms with Crippen molar-refractivity contribution in [2.75, 3.05) is 39.4 Å². The van der Waals surface area contributed by atoms with Crippen LogP contribution in [0.5, 0.6) is 0 Å². The molecule has 2 atom stereocenters. The summed E-state index contributed by atoms with van der Waals surface area (Å²) in [5.41, 5.74) is 0.674. The van der Waals surface area contributed by atoms with Crippen LogP contribution in [-0.2, 0) is 19.1 Å². The Morgan fingerprint density at radius 1 is 1.07 bits per heavy atom. The van der Waals surface area contributed by atoms with Gasteiger partial charge < -0.3 is 19.8 Å². The fourth-order valence-corrected chi connectivity index (χ4v) is 3.88. The van der Waals surface area contributed by atoms with Crippen LogP contribution in [0.1, 0.15) is 29.6 Å². The second kappa shape index (κ2) is 12.0. The monoisotopic (exact) mass is 420 g/mol. The Hall–Kier alpha value is -2.78. The van der Waals surface area contributed by atoms with Gasteiger partial charge in [0, 0.05) is 44.0 Å². The lowest BCUT2D eigenvalue weighted by molar-refractivity contribution is -0.138. The van der Waals surface area contributed by atoms with E-state index in [4.69, 9.17) is 19.7 Å². The first-order valence-corrected chi connectivity index (χ1v) is 9.92. The molecule has 0 unspecified atom stereocenters. The zero-order valence-corrected chi connectivity index (χ0v) is 16.8. The lowest BCUT2D eigenvalue weighted by atomic mass is 10.0. The molecule has 1 aromatic rings. The Bertz CT molecular complexity index is 725. The second-order valence-electron chi connectivity index (χ2n) is 7.44. The quantitative estimate of drug-likeness (QED) is 0.494. The maximum atomic E-state index is 12.8. The highest BCUT2D eigenvalue weighted by atomic mass is 16.5. The summed E-state index contributed by atoms with van der Waals surface area (Å²) in [6, 6.07) is 8.98. The molecule has 0 aromatic heterocycles. The SMILES string of the molecule is O=C(O)CN1C[C@@H]2COC[C@H](C1)N(C(=O)CCCC(=O)c1ccccc1)C2.O=CO. The second-order valence-corrected chi connectivity index (χ2v) is 7.44. The van der Waals surface area contributed by atoms with Crippen molar-refractivity contribution in [1.29, 1.82) is 0 Å². The smallest absolute Gasteiger partial charge is 0.317 e. The number of amides is 1. The Balaban J connectivity index is 0.00000101. The van der Waals surface area contributed by atoms with Crippen molar-refractivity contribution in [1.82, 2.24) is 9.80 Å². The van der Waals surface area contributed by atoms with Gasteiger partial charge in [-0.3, -0.25) is 24.1 Å². The van der Waals surface area contributed by atoms with Crippen molar-refractivity contribution in [3.8, 4) is 0 Å². The molecule has 9 nitrogen and oxygen atoms in total. The lowest BCUT2D eigenvalue weighted by Crippen LogP contribution is -2.47. The third-order valence-corrected chi connectivity index (χ3v) is 5.11. The van der Waals surface area contributed by atoms with E-state index >= 15 is 0 Å². The fraction of sp³-hybridized carbons (Fsp3) is 0.524. The Kier molecular flexibility index (Phi) is 9.43. The number of fused-ring (bicyclic) bond motifs is 3. The zero-order valence-electron chi connectivity index (χ0n) is 16.8. The van der Waals surface area contributed by atoms with E-state index in [2.05, 4.69) is 0 Å². The molecule has 3 rings (SSSR count). The van der Waals surface area contributed by atoms with E-state index in [1.54, 1.807) is 12.1 Å². The highest BCUT2D eigenvalue weighted by Crippen LogP contribution is 2.21. The summed E-state index contributed by atoms with van der Waals surface area (Å²) in [5.74, 6) is -0.664. The van der Waals surface area contributed by atoms with E-state index in [1.807, 2.05) is 28.0 Å². The van der Waals surface area contributed by atoms with Crippen LogP contribution in [0.2, 0.25) is 0 Å². The third kappa shape index (κ3) is 7.23. The number of nitrogens with zero attached hydrogens (tertiary/aromatic N) is 2. The van der Waals surface area contributed by atoms with Crippen LogP contribution in [0.25, 0.3) is 0 Å². The lowest BCUT2D eigenvalue weighted by Gasteiger charge is -2.30. The van der Waals surface area contributed by atoms with Crippen molar-refractivity contribution < 1.29 is 34.1 Å². The third-order valence-electron chi connectivity index (χ3n) is 5.11. The number of ether oxygens (including phenoxy) is 1. The molecule has 0 spiro atoms. The molecule has 2 N–H and O–H groups in total. The van der Waals surface area contributed by atoms with Gasteiger partial charge in [-0.05, 0) is 6.42 Å². The van der Waals surface area contributed by atoms with Gasteiger partial charge in [0.05, 0.1) is 25.8 Å². The number of carboxylic acids is 1. The van der Waals surface area contributed by atoms with Crippen LogP contribution < -0.4 is 0 Å². The van der Waals surface area contributed by atoms with Crippen LogP contribution in [-0.4, -0.2) is 89.6 Å². The first-order valence-electron chi connectivity index (χ1n) is 9.92. The van der Waals surface area contributed by atoms with Gasteiger partial charge in [0.15, 0.2) is 5.78 Å². The van der Waals surface area contributed by atoms with Crippen molar-refractivity contribution in [2.24, 2.45) is 5.92 Å². The number of carbonyl (C=O) groups is 4. The van der Waals surface area contributed by atoms with Crippen LogP contribution in [0, 0.1) is 5.92 Å². The zero-order chi connectivity index (χ0) is 21.9. The van der Waals surface area contributed by atoms with Gasteiger partial charge in [-0.25, -0.2) is 0 Å². The highest BCUT2D eigenvalue weighted by molar-refractivity contribution is 5.96. The summed E-state index contributed by atoms with van der Waals surface area (Å²) in [6.07, 6.45) is 1.18. The predicted octanol–water partition coefficient (Wildman–Crippen LogP) is 0.984. The van der Waals surface area contributed by atoms with E-state index in [1.165, 1.54) is 0 Å². The molecule has 0 radical (unpaired) electrons. The molecule has 0 aliphatic carbocycles. The Morgan fingerprint density at radius 2 is 1.77 bits per heavy atom. The number of hydrogen-bond donors (Lipinski definition) is 2. The average molecular weight is 420 g/mol. The maximum absolute atomic E-state index is 12.8. The summed E-state index contributed by atoms with van der Waals surface area (Å²) >= 11 is 0. The van der Waals surface area contributed by atoms with Crippen LogP contribution in [0.4, 0.5) is 0 Å². The molecule has 2 saturated heterocycles. The number of hydrogen-bond acceptors (Lipinski definition) is 6. The summed E-state index contributed by atoms with van der Waals surface area (Å²) in [7, 11) is 0. The number of aliphatic carboxylic acids is 1. The minimum absolute atomic E-state index is 0.0133. The molecule has 2 aliphatic rings. The van der Waals surface area contributed by atoms with E-state index in [9.17, 15) is 14.4 Å². The number of benzene rings is 1. The summed E-state index contributed by atoms with van der Waals surface area (Å²) in [5, 5.41) is 16.0. The average Bonchev–Trinajstić information content (AvgIpc) is 2.99. The van der Waals surface area contributed by atoms with Gasteiger partial charge in [0.2, 0.25) is 5.91 Å². The van der Waals surface area contributed by atoms with Gasteiger partial charge in [-0.1, -0.05) is 30.3 Å².